The van der Waals surface area contributed by atoms with Crippen LogP contribution in [0.15, 0.2) is 12.7 Å². The summed E-state index contributed by atoms with van der Waals surface area (Å²) in [6.07, 6.45) is 6.71. The summed E-state index contributed by atoms with van der Waals surface area (Å²) in [5.41, 5.74) is 7.84. The maximum atomic E-state index is 11.1. The highest BCUT2D eigenvalue weighted by Gasteiger charge is 2.42. The smallest absolute Gasteiger partial charge is 0.222 e. The number of anilines is 2. The maximum absolute atomic E-state index is 11.1. The molecule has 0 radical (unpaired) electrons. The highest BCUT2D eigenvalue weighted by molar-refractivity contribution is 5.72. The van der Waals surface area contributed by atoms with E-state index in [1.165, 1.54) is 0 Å². The second-order valence-electron chi connectivity index (χ2n) is 7.35. The van der Waals surface area contributed by atoms with E-state index in [4.69, 9.17) is 10.5 Å². The molecule has 142 valence electrons. The molecule has 1 aromatic heterocycles. The molecule has 0 saturated carbocycles. The molecule has 1 aromatic rings. The van der Waals surface area contributed by atoms with E-state index < -0.39 is 0 Å². The van der Waals surface area contributed by atoms with Gasteiger partial charge in [-0.3, -0.25) is 4.79 Å². The first kappa shape index (κ1) is 18.6. The molecule has 7 heteroatoms. The Bertz CT molecular complexity index is 683. The van der Waals surface area contributed by atoms with E-state index in [2.05, 4.69) is 26.8 Å². The highest BCUT2D eigenvalue weighted by atomic mass is 16.5. The zero-order chi connectivity index (χ0) is 18.7. The molecule has 3 heterocycles. The van der Waals surface area contributed by atoms with Crippen LogP contribution in [0.4, 0.5) is 11.8 Å². The Morgan fingerprint density at radius 1 is 1.42 bits per heavy atom. The number of piperidine rings is 1. The minimum atomic E-state index is -0.0636. The van der Waals surface area contributed by atoms with Gasteiger partial charge in [-0.25, -0.2) is 4.98 Å². The molecule has 0 bridgehead atoms. The molecule has 3 N–H and O–H groups in total. The first-order valence-corrected chi connectivity index (χ1v) is 9.33. The predicted molar refractivity (Wildman–Crippen MR) is 102 cm³/mol. The van der Waals surface area contributed by atoms with Gasteiger partial charge in [0.25, 0.3) is 0 Å². The van der Waals surface area contributed by atoms with E-state index in [1.54, 1.807) is 6.92 Å². The van der Waals surface area contributed by atoms with Crippen LogP contribution in [0.2, 0.25) is 0 Å². The number of nitrogens with two attached hydrogens (primary N) is 1. The van der Waals surface area contributed by atoms with Crippen molar-refractivity contribution in [2.75, 3.05) is 30.3 Å². The molecule has 2 aliphatic heterocycles. The summed E-state index contributed by atoms with van der Waals surface area (Å²) < 4.78 is 6.33. The fourth-order valence-electron chi connectivity index (χ4n) is 4.04. The van der Waals surface area contributed by atoms with Crippen molar-refractivity contribution >= 4 is 17.7 Å². The van der Waals surface area contributed by atoms with Crippen molar-refractivity contribution in [1.82, 2.24) is 15.3 Å². The molecule has 1 atom stereocenters. The number of nitrogens with zero attached hydrogens (tertiary/aromatic N) is 3. The summed E-state index contributed by atoms with van der Waals surface area (Å²) in [7, 11) is 0. The Labute approximate surface area is 155 Å². The van der Waals surface area contributed by atoms with Gasteiger partial charge in [0.05, 0.1) is 11.7 Å². The number of amides is 1. The number of aromatic nitrogens is 2. The number of hydrogen-bond acceptors (Lipinski definition) is 6. The number of nitrogen functional groups attached to an aromatic ring is 1. The van der Waals surface area contributed by atoms with Crippen LogP contribution in [0.25, 0.3) is 0 Å². The summed E-state index contributed by atoms with van der Waals surface area (Å²) >= 11 is 0. The summed E-state index contributed by atoms with van der Waals surface area (Å²) in [6.45, 7) is 9.73. The summed E-state index contributed by atoms with van der Waals surface area (Å²) in [5, 5.41) is 2.86. The molecule has 2 fully saturated rings. The Hall–Kier alpha value is -2.15. The van der Waals surface area contributed by atoms with Crippen LogP contribution >= 0.6 is 0 Å². The van der Waals surface area contributed by atoms with Gasteiger partial charge >= 0.3 is 0 Å². The zero-order valence-corrected chi connectivity index (χ0v) is 15.8. The third kappa shape index (κ3) is 3.98. The molecule has 3 rings (SSSR count). The summed E-state index contributed by atoms with van der Waals surface area (Å²) in [4.78, 5) is 22.2. The van der Waals surface area contributed by atoms with Crippen molar-refractivity contribution in [3.8, 4) is 0 Å². The Morgan fingerprint density at radius 2 is 2.15 bits per heavy atom. The van der Waals surface area contributed by atoms with Crippen LogP contribution in [0.3, 0.4) is 0 Å². The van der Waals surface area contributed by atoms with Gasteiger partial charge < -0.3 is 20.7 Å². The van der Waals surface area contributed by atoms with Crippen LogP contribution in [0.5, 0.6) is 0 Å². The highest BCUT2D eigenvalue weighted by Crippen LogP contribution is 2.40. The first-order valence-electron chi connectivity index (χ1n) is 9.33. The van der Waals surface area contributed by atoms with E-state index in [9.17, 15) is 4.79 Å². The Kier molecular flexibility index (Phi) is 5.46. The van der Waals surface area contributed by atoms with E-state index in [0.29, 0.717) is 12.5 Å². The number of allylic oxidation sites excluding steroid dienone is 1. The van der Waals surface area contributed by atoms with E-state index in [1.807, 2.05) is 13.0 Å². The lowest BCUT2D eigenvalue weighted by Gasteiger charge is -2.40. The van der Waals surface area contributed by atoms with Gasteiger partial charge in [0.15, 0.2) is 0 Å². The van der Waals surface area contributed by atoms with Gasteiger partial charge in [-0.05, 0) is 39.0 Å². The SMILES string of the molecule is C=CCc1c(C)nc(N)nc1N1CCC2(CC[C@H](CNC(C)=O)O2)CC1. The van der Waals surface area contributed by atoms with Gasteiger partial charge in [-0.15, -0.1) is 6.58 Å². The lowest BCUT2D eigenvalue weighted by atomic mass is 9.88. The molecule has 0 aliphatic carbocycles. The first-order chi connectivity index (χ1) is 12.4. The average Bonchev–Trinajstić information content (AvgIpc) is 2.99. The van der Waals surface area contributed by atoms with Gasteiger partial charge in [0, 0.05) is 37.8 Å². The second-order valence-corrected chi connectivity index (χ2v) is 7.35. The lowest BCUT2D eigenvalue weighted by Crippen LogP contribution is -2.45. The molecule has 2 aliphatic rings. The van der Waals surface area contributed by atoms with Crippen LogP contribution in [-0.2, 0) is 16.0 Å². The molecular formula is C19H29N5O2. The van der Waals surface area contributed by atoms with Crippen LogP contribution < -0.4 is 16.0 Å². The third-order valence-corrected chi connectivity index (χ3v) is 5.45. The van der Waals surface area contributed by atoms with Crippen molar-refractivity contribution in [2.45, 2.75) is 57.7 Å². The molecule has 1 amide bonds. The maximum Gasteiger partial charge on any atom is 0.222 e. The Balaban J connectivity index is 1.66. The van der Waals surface area contributed by atoms with Crippen molar-refractivity contribution < 1.29 is 9.53 Å². The molecule has 0 unspecified atom stereocenters. The number of carbonyl (C=O) groups excluding carboxylic acids is 1. The zero-order valence-electron chi connectivity index (χ0n) is 15.8. The van der Waals surface area contributed by atoms with Crippen LogP contribution in [0, 0.1) is 6.92 Å². The fourth-order valence-corrected chi connectivity index (χ4v) is 4.04. The number of carbonyl (C=O) groups is 1. The molecule has 2 saturated heterocycles. The number of hydrogen-bond donors (Lipinski definition) is 2. The van der Waals surface area contributed by atoms with Crippen LogP contribution in [0.1, 0.15) is 43.9 Å². The fraction of sp³-hybridized carbons (Fsp3) is 0.632. The normalized spacial score (nSPS) is 21.8. The largest absolute Gasteiger partial charge is 0.370 e. The summed E-state index contributed by atoms with van der Waals surface area (Å²) in [5.74, 6) is 1.24. The lowest BCUT2D eigenvalue weighted by molar-refractivity contribution is -0.120. The minimum Gasteiger partial charge on any atom is -0.370 e. The average molecular weight is 359 g/mol. The van der Waals surface area contributed by atoms with Crippen molar-refractivity contribution in [3.63, 3.8) is 0 Å². The molecular weight excluding hydrogens is 330 g/mol. The number of rotatable bonds is 5. The monoisotopic (exact) mass is 359 g/mol. The van der Waals surface area contributed by atoms with Gasteiger partial charge in [-0.2, -0.15) is 4.98 Å². The third-order valence-electron chi connectivity index (χ3n) is 5.45. The predicted octanol–water partition coefficient (Wildman–Crippen LogP) is 1.75. The van der Waals surface area contributed by atoms with E-state index in [0.717, 1.165) is 62.3 Å². The molecule has 7 nitrogen and oxygen atoms in total. The molecule has 1 spiro atoms. The molecule has 0 aromatic carbocycles. The minimum absolute atomic E-state index is 0.00385. The standard InChI is InChI=1S/C19H29N5O2/c1-4-5-16-13(2)22-18(20)23-17(16)24-10-8-19(9-11-24)7-6-15(26-19)12-21-14(3)25/h4,15H,1,5-12H2,2-3H3,(H,21,25)(H2,20,22,23)/t15-/m1/s1. The van der Waals surface area contributed by atoms with Gasteiger partial charge in [0.2, 0.25) is 11.9 Å². The molecule has 26 heavy (non-hydrogen) atoms. The number of nitrogens with one attached hydrogen (secondary N) is 1. The van der Waals surface area contributed by atoms with Crippen molar-refractivity contribution in [1.29, 1.82) is 0 Å². The van der Waals surface area contributed by atoms with Gasteiger partial charge in [-0.1, -0.05) is 6.08 Å². The number of aryl methyl sites for hydroxylation is 1. The van der Waals surface area contributed by atoms with Crippen molar-refractivity contribution in [2.24, 2.45) is 0 Å². The van der Waals surface area contributed by atoms with E-state index in [-0.39, 0.29) is 17.6 Å². The van der Waals surface area contributed by atoms with E-state index >= 15 is 0 Å². The number of ether oxygens (including phenoxy) is 1. The van der Waals surface area contributed by atoms with Crippen LogP contribution in [-0.4, -0.2) is 47.2 Å². The summed E-state index contributed by atoms with van der Waals surface area (Å²) in [6, 6.07) is 0. The van der Waals surface area contributed by atoms with Crippen molar-refractivity contribution in [3.05, 3.63) is 23.9 Å². The quantitative estimate of drug-likeness (QED) is 0.778. The Morgan fingerprint density at radius 3 is 2.81 bits per heavy atom. The second kappa shape index (κ2) is 7.61. The topological polar surface area (TPSA) is 93.4 Å². The van der Waals surface area contributed by atoms with Gasteiger partial charge in [0.1, 0.15) is 5.82 Å².